The molecule has 3 unspecified atom stereocenters. The molecule has 0 bridgehead atoms. The minimum atomic E-state index is -0.488. The maximum atomic E-state index is 12.5. The van der Waals surface area contributed by atoms with Crippen molar-refractivity contribution in [2.75, 3.05) is 17.4 Å². The van der Waals surface area contributed by atoms with Crippen LogP contribution in [0, 0.1) is 0 Å². The fraction of sp³-hybridized carbons (Fsp3) is 0.444. The predicted octanol–water partition coefficient (Wildman–Crippen LogP) is 3.27. The maximum Gasteiger partial charge on any atom is 0.364 e. The van der Waals surface area contributed by atoms with Gasteiger partial charge in [0.15, 0.2) is 5.69 Å². The van der Waals surface area contributed by atoms with Gasteiger partial charge >= 0.3 is 5.63 Å². The van der Waals surface area contributed by atoms with Gasteiger partial charge in [0.25, 0.3) is 0 Å². The number of hydrogen-bond donors (Lipinski definition) is 6. The quantitative estimate of drug-likeness (QED) is 0.217. The standard InChI is InChI=1S/C27H34N6O3S/c1-16-30-22-15-37-25(26(22)31-16)8-3-2-7-21(17-5-4-6-17)28-13-19-14-29-33(32-19)23-11-18-9-10-20(34)12-24(18)36-27(23)35/h9-12,14,22,25-26,28-32,34H,1-8,13,15H2. The summed E-state index contributed by atoms with van der Waals surface area (Å²) in [5.74, 6) is 2.20. The number of anilines is 1. The minimum absolute atomic E-state index is 0.0627. The van der Waals surface area contributed by atoms with E-state index in [1.165, 1.54) is 50.3 Å². The van der Waals surface area contributed by atoms with Gasteiger partial charge in [0, 0.05) is 34.4 Å². The molecule has 3 atom stereocenters. The van der Waals surface area contributed by atoms with Gasteiger partial charge in [-0.05, 0) is 56.7 Å². The SMILES string of the molecule is C=C1NC2CSC(CCCCC(NCC3=CNN(c4cc5ccc(O)cc5oc4=O)N3)=C3CCC3)C2N1. The van der Waals surface area contributed by atoms with Crippen LogP contribution in [0.1, 0.15) is 44.9 Å². The third-order valence-corrected chi connectivity index (χ3v) is 9.14. The minimum Gasteiger partial charge on any atom is -0.508 e. The monoisotopic (exact) mass is 522 g/mol. The number of aromatic hydroxyl groups is 1. The number of benzene rings is 1. The third-order valence-electron chi connectivity index (χ3n) is 7.63. The number of nitrogens with zero attached hydrogens (tertiary/aromatic N) is 1. The zero-order valence-corrected chi connectivity index (χ0v) is 21.6. The molecule has 3 fully saturated rings. The van der Waals surface area contributed by atoms with Crippen molar-refractivity contribution in [1.82, 2.24) is 26.8 Å². The lowest BCUT2D eigenvalue weighted by Gasteiger charge is -2.24. The number of hydrogen-bond acceptors (Lipinski definition) is 10. The molecule has 37 heavy (non-hydrogen) atoms. The second-order valence-corrected chi connectivity index (χ2v) is 11.5. The number of fused-ring (bicyclic) bond motifs is 2. The van der Waals surface area contributed by atoms with Crippen LogP contribution in [-0.4, -0.2) is 34.7 Å². The highest BCUT2D eigenvalue weighted by molar-refractivity contribution is 8.00. The average molecular weight is 523 g/mol. The van der Waals surface area contributed by atoms with Crippen LogP contribution in [0.5, 0.6) is 5.75 Å². The number of unbranched alkanes of at least 4 members (excludes halogenated alkanes) is 1. The summed E-state index contributed by atoms with van der Waals surface area (Å²) in [4.78, 5) is 12.5. The Kier molecular flexibility index (Phi) is 6.58. The molecule has 4 heterocycles. The van der Waals surface area contributed by atoms with E-state index in [2.05, 4.69) is 45.1 Å². The Hall–Kier alpha value is -3.40. The summed E-state index contributed by atoms with van der Waals surface area (Å²) < 4.78 is 5.40. The average Bonchev–Trinajstić information content (AvgIpc) is 3.55. The number of phenolic OH excluding ortho intramolecular Hbond substituents is 1. The van der Waals surface area contributed by atoms with E-state index in [-0.39, 0.29) is 5.75 Å². The van der Waals surface area contributed by atoms with Gasteiger partial charge in [-0.1, -0.05) is 18.6 Å². The van der Waals surface area contributed by atoms with Crippen LogP contribution in [0.4, 0.5) is 5.69 Å². The molecule has 0 spiro atoms. The number of thioether (sulfide) groups is 1. The molecule has 9 nitrogen and oxygen atoms in total. The lowest BCUT2D eigenvalue weighted by molar-refractivity contribution is 0.473. The molecule has 6 rings (SSSR count). The van der Waals surface area contributed by atoms with Crippen molar-refractivity contribution in [2.45, 2.75) is 62.3 Å². The first kappa shape index (κ1) is 24.0. The number of phenols is 1. The van der Waals surface area contributed by atoms with Crippen LogP contribution in [0.3, 0.4) is 0 Å². The first-order valence-corrected chi connectivity index (χ1v) is 14.2. The highest BCUT2D eigenvalue weighted by atomic mass is 32.2. The molecular weight excluding hydrogens is 488 g/mol. The zero-order valence-electron chi connectivity index (χ0n) is 20.8. The number of allylic oxidation sites excluding steroid dienone is 2. The molecule has 1 aromatic carbocycles. The van der Waals surface area contributed by atoms with E-state index < -0.39 is 5.63 Å². The second kappa shape index (κ2) is 10.2. The van der Waals surface area contributed by atoms with E-state index in [0.29, 0.717) is 35.1 Å². The van der Waals surface area contributed by atoms with Crippen LogP contribution in [0.15, 0.2) is 69.0 Å². The van der Waals surface area contributed by atoms with E-state index in [1.54, 1.807) is 28.9 Å². The molecule has 4 aliphatic rings. The van der Waals surface area contributed by atoms with Crippen molar-refractivity contribution in [3.8, 4) is 5.75 Å². The van der Waals surface area contributed by atoms with E-state index in [9.17, 15) is 9.90 Å². The Labute approximate surface area is 220 Å². The largest absolute Gasteiger partial charge is 0.508 e. The molecule has 2 aromatic rings. The van der Waals surface area contributed by atoms with Crippen molar-refractivity contribution in [2.24, 2.45) is 0 Å². The van der Waals surface area contributed by atoms with Crippen LogP contribution in [-0.2, 0) is 0 Å². The first-order chi connectivity index (χ1) is 18.0. The fourth-order valence-electron chi connectivity index (χ4n) is 5.46. The maximum absolute atomic E-state index is 12.5. The molecular formula is C27H34N6O3S. The van der Waals surface area contributed by atoms with Gasteiger partial charge in [-0.25, -0.2) is 4.79 Å². The summed E-state index contributed by atoms with van der Waals surface area (Å²) in [6.07, 6.45) is 10.2. The van der Waals surface area contributed by atoms with Gasteiger partial charge in [0.1, 0.15) is 11.3 Å². The number of nitrogens with one attached hydrogen (secondary N) is 5. The third kappa shape index (κ3) is 5.07. The highest BCUT2D eigenvalue weighted by Crippen LogP contribution is 2.35. The first-order valence-electron chi connectivity index (χ1n) is 13.1. The van der Waals surface area contributed by atoms with Gasteiger partial charge in [0.05, 0.1) is 30.1 Å². The fourth-order valence-corrected chi connectivity index (χ4v) is 7.00. The lowest BCUT2D eigenvalue weighted by atomic mass is 9.89. The molecule has 10 heteroatoms. The predicted molar refractivity (Wildman–Crippen MR) is 148 cm³/mol. The van der Waals surface area contributed by atoms with Gasteiger partial charge in [0.2, 0.25) is 0 Å². The van der Waals surface area contributed by atoms with Crippen molar-refractivity contribution in [1.29, 1.82) is 0 Å². The molecule has 0 radical (unpaired) electrons. The molecule has 1 saturated carbocycles. The van der Waals surface area contributed by atoms with Crippen molar-refractivity contribution in [3.05, 3.63) is 70.3 Å². The van der Waals surface area contributed by atoms with Gasteiger partial charge in [-0.15, -0.1) is 0 Å². The Bertz CT molecular complexity index is 1310. The van der Waals surface area contributed by atoms with Gasteiger partial charge in [-0.3, -0.25) is 10.9 Å². The summed E-state index contributed by atoms with van der Waals surface area (Å²) >= 11 is 2.08. The van der Waals surface area contributed by atoms with Crippen LogP contribution >= 0.6 is 11.8 Å². The molecule has 1 aromatic heterocycles. The molecule has 2 saturated heterocycles. The summed E-state index contributed by atoms with van der Waals surface area (Å²) in [7, 11) is 0. The topological polar surface area (TPSA) is 114 Å². The van der Waals surface area contributed by atoms with Crippen LogP contribution in [0.25, 0.3) is 11.0 Å². The molecule has 6 N–H and O–H groups in total. The van der Waals surface area contributed by atoms with Crippen molar-refractivity contribution in [3.63, 3.8) is 0 Å². The summed E-state index contributed by atoms with van der Waals surface area (Å²) in [5.41, 5.74) is 10.4. The molecule has 196 valence electrons. The Balaban J connectivity index is 1.00. The van der Waals surface area contributed by atoms with Crippen LogP contribution < -0.4 is 37.5 Å². The van der Waals surface area contributed by atoms with Gasteiger partial charge in [-0.2, -0.15) is 16.9 Å². The van der Waals surface area contributed by atoms with Crippen molar-refractivity contribution >= 4 is 28.4 Å². The van der Waals surface area contributed by atoms with E-state index in [1.807, 2.05) is 6.20 Å². The summed E-state index contributed by atoms with van der Waals surface area (Å²) in [6.45, 7) is 4.68. The Morgan fingerprint density at radius 2 is 2.14 bits per heavy atom. The van der Waals surface area contributed by atoms with Crippen molar-refractivity contribution < 1.29 is 9.52 Å². The van der Waals surface area contributed by atoms with Gasteiger partial charge < -0.3 is 25.5 Å². The smallest absolute Gasteiger partial charge is 0.364 e. The summed E-state index contributed by atoms with van der Waals surface area (Å²) in [5, 5.41) is 23.3. The second-order valence-electron chi connectivity index (χ2n) is 10.2. The normalized spacial score (nSPS) is 24.1. The van der Waals surface area contributed by atoms with E-state index in [4.69, 9.17) is 4.42 Å². The van der Waals surface area contributed by atoms with E-state index in [0.717, 1.165) is 29.1 Å². The number of rotatable bonds is 9. The Morgan fingerprint density at radius 3 is 2.97 bits per heavy atom. The molecule has 3 aliphatic heterocycles. The Morgan fingerprint density at radius 1 is 1.24 bits per heavy atom. The number of hydrazine groups is 2. The van der Waals surface area contributed by atoms with E-state index >= 15 is 0 Å². The lowest BCUT2D eigenvalue weighted by Crippen LogP contribution is -2.43. The van der Waals surface area contributed by atoms with Crippen LogP contribution in [0.2, 0.25) is 0 Å². The molecule has 0 amide bonds. The summed E-state index contributed by atoms with van der Waals surface area (Å²) in [6, 6.07) is 7.53. The molecule has 1 aliphatic carbocycles. The zero-order chi connectivity index (χ0) is 25.4. The highest BCUT2D eigenvalue weighted by Gasteiger charge is 2.40.